The minimum atomic E-state index is -1.33. The van der Waals surface area contributed by atoms with Gasteiger partial charge in [0, 0.05) is 0 Å². The quantitative estimate of drug-likeness (QED) is 0.855. The number of carbonyl (C=O) groups is 1. The van der Waals surface area contributed by atoms with Crippen molar-refractivity contribution in [2.75, 3.05) is 0 Å². The summed E-state index contributed by atoms with van der Waals surface area (Å²) in [5.41, 5.74) is 0.534. The molecule has 6 nitrogen and oxygen atoms in total. The third-order valence-electron chi connectivity index (χ3n) is 3.65. The summed E-state index contributed by atoms with van der Waals surface area (Å²) in [6.07, 6.45) is 4.58. The van der Waals surface area contributed by atoms with Gasteiger partial charge in [0.25, 0.3) is 5.91 Å². The number of aromatic nitrogens is 3. The van der Waals surface area contributed by atoms with Crippen molar-refractivity contribution >= 4 is 5.91 Å². The molecule has 0 radical (unpaired) electrons. The largest absolute Gasteiger partial charge is 0.380 e. The van der Waals surface area contributed by atoms with E-state index in [1.807, 2.05) is 38.1 Å². The normalized spacial score (nSPS) is 15.1. The van der Waals surface area contributed by atoms with Crippen LogP contribution in [-0.2, 0) is 4.79 Å². The summed E-state index contributed by atoms with van der Waals surface area (Å²) in [5.74, 6) is -0.345. The molecule has 22 heavy (non-hydrogen) atoms. The Hall–Kier alpha value is -2.21. The summed E-state index contributed by atoms with van der Waals surface area (Å²) in [4.78, 5) is 12.1. The Bertz CT molecular complexity index is 606. The number of hydrogen-bond acceptors (Lipinski definition) is 4. The molecule has 1 heterocycles. The van der Waals surface area contributed by atoms with Crippen LogP contribution in [0, 0.1) is 0 Å². The molecule has 1 amide bonds. The number of aliphatic hydroxyl groups is 1. The second-order valence-corrected chi connectivity index (χ2v) is 5.66. The van der Waals surface area contributed by atoms with Crippen LogP contribution in [0.3, 0.4) is 0 Å². The lowest BCUT2D eigenvalue weighted by Gasteiger charge is -2.24. The lowest BCUT2D eigenvalue weighted by molar-refractivity contribution is -0.139. The second-order valence-electron chi connectivity index (χ2n) is 5.66. The van der Waals surface area contributed by atoms with Gasteiger partial charge in [-0.3, -0.25) is 4.79 Å². The predicted molar refractivity (Wildman–Crippen MR) is 83.4 cm³/mol. The van der Waals surface area contributed by atoms with Crippen LogP contribution in [-0.4, -0.2) is 31.6 Å². The van der Waals surface area contributed by atoms with Crippen LogP contribution in [0.25, 0.3) is 5.69 Å². The van der Waals surface area contributed by atoms with Crippen LogP contribution in [0.5, 0.6) is 0 Å². The van der Waals surface area contributed by atoms with Gasteiger partial charge in [0.05, 0.1) is 24.1 Å². The fraction of sp³-hybridized carbons (Fsp3) is 0.438. The maximum absolute atomic E-state index is 12.1. The molecule has 2 unspecified atom stereocenters. The van der Waals surface area contributed by atoms with Gasteiger partial charge in [-0.25, -0.2) is 4.68 Å². The third kappa shape index (κ3) is 3.71. The lowest BCUT2D eigenvalue weighted by Crippen LogP contribution is -2.45. The average Bonchev–Trinajstić information content (AvgIpc) is 3.01. The highest BCUT2D eigenvalue weighted by molar-refractivity contribution is 5.84. The number of benzene rings is 1. The Kier molecular flexibility index (Phi) is 4.92. The molecule has 0 bridgehead atoms. The van der Waals surface area contributed by atoms with Gasteiger partial charge in [0.1, 0.15) is 5.60 Å². The Morgan fingerprint density at radius 2 is 2.09 bits per heavy atom. The maximum Gasteiger partial charge on any atom is 0.252 e. The van der Waals surface area contributed by atoms with E-state index in [4.69, 9.17) is 0 Å². The summed E-state index contributed by atoms with van der Waals surface area (Å²) in [5, 5.41) is 20.7. The summed E-state index contributed by atoms with van der Waals surface area (Å²) in [7, 11) is 0. The van der Waals surface area contributed by atoms with Gasteiger partial charge in [-0.15, -0.1) is 5.10 Å². The molecular weight excluding hydrogens is 280 g/mol. The van der Waals surface area contributed by atoms with Crippen molar-refractivity contribution in [2.45, 2.75) is 45.3 Å². The zero-order chi connectivity index (χ0) is 16.2. The molecule has 0 aliphatic carbocycles. The SMILES string of the molecule is CCCC(C)(O)C(=O)NC(C)c1ccc(-n2ccnn2)cc1. The van der Waals surface area contributed by atoms with Crippen LogP contribution in [0.1, 0.15) is 45.2 Å². The predicted octanol–water partition coefficient (Wildman–Crippen LogP) is 2.00. The number of amides is 1. The Morgan fingerprint density at radius 3 is 2.64 bits per heavy atom. The van der Waals surface area contributed by atoms with E-state index in [0.717, 1.165) is 17.7 Å². The van der Waals surface area contributed by atoms with Crippen molar-refractivity contribution in [3.8, 4) is 5.69 Å². The van der Waals surface area contributed by atoms with Gasteiger partial charge in [0.2, 0.25) is 0 Å². The first-order valence-corrected chi connectivity index (χ1v) is 7.44. The topological polar surface area (TPSA) is 80.0 Å². The minimum absolute atomic E-state index is 0.180. The van der Waals surface area contributed by atoms with Crippen LogP contribution < -0.4 is 5.32 Å². The summed E-state index contributed by atoms with van der Waals surface area (Å²) < 4.78 is 1.67. The summed E-state index contributed by atoms with van der Waals surface area (Å²) >= 11 is 0. The molecule has 6 heteroatoms. The fourth-order valence-corrected chi connectivity index (χ4v) is 2.30. The number of rotatable bonds is 6. The van der Waals surface area contributed by atoms with E-state index < -0.39 is 5.60 Å². The standard InChI is InChI=1S/C16H22N4O2/c1-4-9-16(3,22)15(21)18-12(2)13-5-7-14(8-6-13)20-11-10-17-19-20/h5-8,10-12,22H,4,9H2,1-3H3,(H,18,21). The van der Waals surface area contributed by atoms with Crippen molar-refractivity contribution in [1.29, 1.82) is 0 Å². The molecule has 0 aliphatic heterocycles. The van der Waals surface area contributed by atoms with Gasteiger partial charge >= 0.3 is 0 Å². The molecule has 1 aromatic carbocycles. The van der Waals surface area contributed by atoms with E-state index in [1.165, 1.54) is 0 Å². The van der Waals surface area contributed by atoms with Crippen LogP contribution >= 0.6 is 0 Å². The molecule has 0 saturated carbocycles. The molecule has 2 aromatic rings. The van der Waals surface area contributed by atoms with Gasteiger partial charge < -0.3 is 10.4 Å². The zero-order valence-corrected chi connectivity index (χ0v) is 13.2. The molecule has 118 valence electrons. The van der Waals surface area contributed by atoms with E-state index >= 15 is 0 Å². The number of nitrogens with one attached hydrogen (secondary N) is 1. The average molecular weight is 302 g/mol. The van der Waals surface area contributed by atoms with Crippen LogP contribution in [0.15, 0.2) is 36.7 Å². The summed E-state index contributed by atoms with van der Waals surface area (Å²) in [6.45, 7) is 5.38. The van der Waals surface area contributed by atoms with E-state index in [0.29, 0.717) is 6.42 Å². The maximum atomic E-state index is 12.1. The van der Waals surface area contributed by atoms with Gasteiger partial charge in [0.15, 0.2) is 0 Å². The van der Waals surface area contributed by atoms with Crippen molar-refractivity contribution in [1.82, 2.24) is 20.3 Å². The number of nitrogens with zero attached hydrogens (tertiary/aromatic N) is 3. The Balaban J connectivity index is 2.04. The molecule has 2 rings (SSSR count). The minimum Gasteiger partial charge on any atom is -0.380 e. The zero-order valence-electron chi connectivity index (χ0n) is 13.2. The fourth-order valence-electron chi connectivity index (χ4n) is 2.30. The molecule has 0 spiro atoms. The number of carbonyl (C=O) groups excluding carboxylic acids is 1. The molecule has 0 aliphatic rings. The van der Waals surface area contributed by atoms with Crippen molar-refractivity contribution in [3.63, 3.8) is 0 Å². The van der Waals surface area contributed by atoms with Crippen LogP contribution in [0.4, 0.5) is 0 Å². The van der Waals surface area contributed by atoms with Crippen molar-refractivity contribution in [2.24, 2.45) is 0 Å². The van der Waals surface area contributed by atoms with E-state index in [2.05, 4.69) is 15.6 Å². The highest BCUT2D eigenvalue weighted by Gasteiger charge is 2.29. The molecule has 2 N–H and O–H groups in total. The van der Waals surface area contributed by atoms with Gasteiger partial charge in [-0.05, 0) is 38.0 Å². The number of hydrogen-bond donors (Lipinski definition) is 2. The van der Waals surface area contributed by atoms with E-state index in [1.54, 1.807) is 24.0 Å². The molecule has 0 saturated heterocycles. The molecular formula is C16H22N4O2. The molecule has 1 aromatic heterocycles. The highest BCUT2D eigenvalue weighted by atomic mass is 16.3. The molecule has 0 fully saturated rings. The first-order valence-electron chi connectivity index (χ1n) is 7.44. The lowest BCUT2D eigenvalue weighted by atomic mass is 9.98. The van der Waals surface area contributed by atoms with Gasteiger partial charge in [-0.2, -0.15) is 0 Å². The first kappa shape index (κ1) is 16.2. The second kappa shape index (κ2) is 6.70. The van der Waals surface area contributed by atoms with Gasteiger partial charge in [-0.1, -0.05) is 30.7 Å². The van der Waals surface area contributed by atoms with Crippen LogP contribution in [0.2, 0.25) is 0 Å². The first-order chi connectivity index (χ1) is 10.4. The Morgan fingerprint density at radius 1 is 1.41 bits per heavy atom. The molecule has 2 atom stereocenters. The van der Waals surface area contributed by atoms with E-state index in [-0.39, 0.29) is 11.9 Å². The third-order valence-corrected chi connectivity index (χ3v) is 3.65. The van der Waals surface area contributed by atoms with Crippen molar-refractivity contribution in [3.05, 3.63) is 42.2 Å². The van der Waals surface area contributed by atoms with E-state index in [9.17, 15) is 9.90 Å². The smallest absolute Gasteiger partial charge is 0.252 e. The highest BCUT2D eigenvalue weighted by Crippen LogP contribution is 2.18. The monoisotopic (exact) mass is 302 g/mol. The Labute approximate surface area is 130 Å². The summed E-state index contributed by atoms with van der Waals surface area (Å²) in [6, 6.07) is 7.50. The van der Waals surface area contributed by atoms with Crippen molar-refractivity contribution < 1.29 is 9.90 Å².